The molecule has 0 radical (unpaired) electrons. The van der Waals surface area contributed by atoms with Gasteiger partial charge in [0.15, 0.2) is 17.2 Å². The molecule has 3 aromatic carbocycles. The highest BCUT2D eigenvalue weighted by Crippen LogP contribution is 2.32. The summed E-state index contributed by atoms with van der Waals surface area (Å²) in [5.41, 5.74) is 5.05. The van der Waals surface area contributed by atoms with E-state index < -0.39 is 24.9 Å². The smallest absolute Gasteiger partial charge is 0.406 e. The Morgan fingerprint density at radius 3 is 2.33 bits per heavy atom. The molecule has 2 unspecified atom stereocenters. The molecule has 1 aliphatic rings. The first kappa shape index (κ1) is 31.9. The van der Waals surface area contributed by atoms with Crippen LogP contribution in [-0.4, -0.2) is 50.9 Å². The number of amidine groups is 1. The molecule has 8 nitrogen and oxygen atoms in total. The number of aliphatic imine (C=N–C) groups is 1. The van der Waals surface area contributed by atoms with Crippen LogP contribution >= 0.6 is 11.8 Å². The van der Waals surface area contributed by atoms with Crippen LogP contribution in [0.4, 0.5) is 32.4 Å². The van der Waals surface area contributed by atoms with Crippen molar-refractivity contribution in [3.63, 3.8) is 0 Å². The van der Waals surface area contributed by atoms with E-state index in [2.05, 4.69) is 31.9 Å². The fraction of sp³-hybridized carbons (Fsp3) is 0.290. The van der Waals surface area contributed by atoms with Crippen LogP contribution in [0.3, 0.4) is 0 Å². The van der Waals surface area contributed by atoms with Crippen LogP contribution in [0, 0.1) is 20.8 Å². The molecule has 0 bridgehead atoms. The number of thioether (sulfide) groups is 1. The fourth-order valence-electron chi connectivity index (χ4n) is 5.07. The minimum atomic E-state index is -4.80. The number of aryl methyl sites for hydroxylation is 3. The topological polar surface area (TPSA) is 84.6 Å². The van der Waals surface area contributed by atoms with Gasteiger partial charge in [0.25, 0.3) is 0 Å². The lowest BCUT2D eigenvalue weighted by Gasteiger charge is -2.32. The SMILES string of the molecule is Cc1cc(C)c(N2CCCS/C2=N\C(=O)NC(F)C(F)c2ccc(-c3ncn(-c4ccc(OC(F)(F)F)cc4)n3)cc2)c(C)c1. The van der Waals surface area contributed by atoms with Gasteiger partial charge in [-0.05, 0) is 68.1 Å². The van der Waals surface area contributed by atoms with Gasteiger partial charge >= 0.3 is 12.4 Å². The number of hydrogen-bond donors (Lipinski definition) is 1. The van der Waals surface area contributed by atoms with E-state index in [4.69, 9.17) is 0 Å². The summed E-state index contributed by atoms with van der Waals surface area (Å²) in [6.45, 7) is 6.64. The van der Waals surface area contributed by atoms with E-state index in [-0.39, 0.29) is 17.1 Å². The van der Waals surface area contributed by atoms with Crippen molar-refractivity contribution in [3.8, 4) is 22.8 Å². The van der Waals surface area contributed by atoms with Gasteiger partial charge < -0.3 is 15.0 Å². The number of hydrogen-bond acceptors (Lipinski definition) is 5. The number of nitrogens with zero attached hydrogens (tertiary/aromatic N) is 5. The molecule has 45 heavy (non-hydrogen) atoms. The van der Waals surface area contributed by atoms with Gasteiger partial charge in [-0.1, -0.05) is 53.7 Å². The molecule has 2 amide bonds. The van der Waals surface area contributed by atoms with Crippen LogP contribution in [0.1, 0.15) is 34.8 Å². The van der Waals surface area contributed by atoms with E-state index in [0.717, 1.165) is 46.7 Å². The molecule has 1 aliphatic heterocycles. The monoisotopic (exact) mass is 644 g/mol. The van der Waals surface area contributed by atoms with Crippen molar-refractivity contribution < 1.29 is 31.5 Å². The summed E-state index contributed by atoms with van der Waals surface area (Å²) in [5, 5.41) is 6.74. The van der Waals surface area contributed by atoms with Crippen LogP contribution in [0.15, 0.2) is 72.0 Å². The third kappa shape index (κ3) is 7.80. The summed E-state index contributed by atoms with van der Waals surface area (Å²) >= 11 is 1.39. The minimum absolute atomic E-state index is 0.0153. The molecule has 5 rings (SSSR count). The van der Waals surface area contributed by atoms with Gasteiger partial charge in [-0.3, -0.25) is 0 Å². The van der Waals surface area contributed by atoms with Crippen molar-refractivity contribution in [1.29, 1.82) is 0 Å². The Balaban J connectivity index is 1.23. The van der Waals surface area contributed by atoms with Gasteiger partial charge in [0, 0.05) is 23.5 Å². The number of ether oxygens (including phenoxy) is 1. The lowest BCUT2D eigenvalue weighted by Crippen LogP contribution is -2.38. The van der Waals surface area contributed by atoms with Crippen molar-refractivity contribution in [1.82, 2.24) is 20.1 Å². The minimum Gasteiger partial charge on any atom is -0.406 e. The third-order valence-electron chi connectivity index (χ3n) is 6.92. The van der Waals surface area contributed by atoms with E-state index >= 15 is 4.39 Å². The van der Waals surface area contributed by atoms with Gasteiger partial charge in [0.05, 0.1) is 5.69 Å². The number of amides is 2. The second-order valence-corrected chi connectivity index (χ2v) is 11.5. The zero-order chi connectivity index (χ0) is 32.3. The van der Waals surface area contributed by atoms with Crippen molar-refractivity contribution >= 4 is 28.6 Å². The summed E-state index contributed by atoms with van der Waals surface area (Å²) in [6.07, 6.45) is -7.06. The molecular weight excluding hydrogens is 615 g/mol. The molecule has 1 aromatic heterocycles. The number of alkyl halides is 5. The number of halogens is 5. The first-order chi connectivity index (χ1) is 21.4. The molecule has 4 aromatic rings. The first-order valence-electron chi connectivity index (χ1n) is 13.9. The molecule has 2 atom stereocenters. The Labute approximate surface area is 260 Å². The summed E-state index contributed by atoms with van der Waals surface area (Å²) in [5.74, 6) is 0.627. The van der Waals surface area contributed by atoms with Crippen LogP contribution in [-0.2, 0) is 0 Å². The maximum absolute atomic E-state index is 15.1. The van der Waals surface area contributed by atoms with Gasteiger partial charge in [0.2, 0.25) is 6.30 Å². The van der Waals surface area contributed by atoms with Crippen molar-refractivity contribution in [2.75, 3.05) is 17.2 Å². The lowest BCUT2D eigenvalue weighted by molar-refractivity contribution is -0.274. The predicted octanol–water partition coefficient (Wildman–Crippen LogP) is 7.77. The summed E-state index contributed by atoms with van der Waals surface area (Å²) in [7, 11) is 0. The van der Waals surface area contributed by atoms with Crippen LogP contribution in [0.25, 0.3) is 17.1 Å². The maximum atomic E-state index is 15.1. The molecule has 0 spiro atoms. The zero-order valence-corrected chi connectivity index (χ0v) is 25.3. The molecule has 1 fully saturated rings. The van der Waals surface area contributed by atoms with Crippen LogP contribution in [0.5, 0.6) is 5.75 Å². The number of nitrogens with one attached hydrogen (secondary N) is 1. The van der Waals surface area contributed by atoms with Crippen molar-refractivity contribution in [3.05, 3.63) is 89.2 Å². The Kier molecular flexibility index (Phi) is 9.42. The van der Waals surface area contributed by atoms with E-state index in [9.17, 15) is 22.4 Å². The fourth-order valence-corrected chi connectivity index (χ4v) is 6.02. The highest BCUT2D eigenvalue weighted by Gasteiger charge is 2.31. The number of aromatic nitrogens is 3. The summed E-state index contributed by atoms with van der Waals surface area (Å²) in [6, 6.07) is 13.9. The van der Waals surface area contributed by atoms with E-state index in [1.54, 1.807) is 0 Å². The molecule has 1 N–H and O–H groups in total. The van der Waals surface area contributed by atoms with E-state index in [1.165, 1.54) is 59.2 Å². The average molecular weight is 645 g/mol. The Hall–Kier alpha value is -4.46. The summed E-state index contributed by atoms with van der Waals surface area (Å²) < 4.78 is 72.4. The Bertz CT molecular complexity index is 1670. The van der Waals surface area contributed by atoms with Crippen molar-refractivity contribution in [2.45, 2.75) is 46.0 Å². The lowest BCUT2D eigenvalue weighted by atomic mass is 10.0. The number of anilines is 1. The molecule has 14 heteroatoms. The normalized spacial score (nSPS) is 16.0. The number of urea groups is 1. The molecule has 0 aliphatic carbocycles. The van der Waals surface area contributed by atoms with Gasteiger partial charge in [-0.2, -0.15) is 4.99 Å². The maximum Gasteiger partial charge on any atom is 0.573 e. The largest absolute Gasteiger partial charge is 0.573 e. The number of benzene rings is 3. The standard InChI is InChI=1S/C31H29F5N6O2S/c1-18-15-19(2)26(20(3)16-18)41-13-4-14-45-30(41)39-29(43)38-27(33)25(32)21-5-7-22(8-6-21)28-37-17-42(40-28)23-9-11-24(12-10-23)44-31(34,35)36/h5-12,15-17,25,27H,4,13-14H2,1-3H3,(H,38,43)/b39-30-. The van der Waals surface area contributed by atoms with Crippen LogP contribution in [0.2, 0.25) is 0 Å². The number of carbonyl (C=O) groups excluding carboxylic acids is 1. The van der Waals surface area contributed by atoms with E-state index in [1.807, 2.05) is 31.0 Å². The molecule has 236 valence electrons. The van der Waals surface area contributed by atoms with Gasteiger partial charge in [0.1, 0.15) is 12.1 Å². The molecule has 2 heterocycles. The highest BCUT2D eigenvalue weighted by molar-refractivity contribution is 8.14. The average Bonchev–Trinajstić information content (AvgIpc) is 3.47. The molecular formula is C31H29F5N6O2S. The van der Waals surface area contributed by atoms with Gasteiger partial charge in [-0.25, -0.2) is 23.2 Å². The van der Waals surface area contributed by atoms with E-state index in [0.29, 0.717) is 23.0 Å². The Morgan fingerprint density at radius 1 is 1.02 bits per heavy atom. The zero-order valence-electron chi connectivity index (χ0n) is 24.5. The number of carbonyl (C=O) groups is 1. The quantitative estimate of drug-likeness (QED) is 0.164. The second-order valence-electron chi connectivity index (χ2n) is 10.4. The third-order valence-corrected chi connectivity index (χ3v) is 7.99. The predicted molar refractivity (Wildman–Crippen MR) is 163 cm³/mol. The van der Waals surface area contributed by atoms with Crippen molar-refractivity contribution in [2.24, 2.45) is 4.99 Å². The summed E-state index contributed by atoms with van der Waals surface area (Å²) in [4.78, 5) is 22.9. The molecule has 0 saturated carbocycles. The highest BCUT2D eigenvalue weighted by atomic mass is 32.2. The first-order valence-corrected chi connectivity index (χ1v) is 14.9. The van der Waals surface area contributed by atoms with Crippen LogP contribution < -0.4 is 15.0 Å². The van der Waals surface area contributed by atoms with Gasteiger partial charge in [-0.15, -0.1) is 18.3 Å². The molecule has 1 saturated heterocycles. The second kappa shape index (κ2) is 13.3. The Morgan fingerprint density at radius 2 is 1.69 bits per heavy atom. The number of rotatable bonds is 7.